The fourth-order valence-electron chi connectivity index (χ4n) is 1.78. The van der Waals surface area contributed by atoms with Gasteiger partial charge in [-0.05, 0) is 19.4 Å². The molecule has 0 amide bonds. The molecule has 1 aliphatic rings. The molecule has 1 fully saturated rings. The van der Waals surface area contributed by atoms with Crippen molar-refractivity contribution in [1.82, 2.24) is 4.90 Å². The SMILES string of the molecule is CCN(CCO)C1CCOCC1. The lowest BCUT2D eigenvalue weighted by Gasteiger charge is -2.32. The van der Waals surface area contributed by atoms with Crippen LogP contribution in [0.1, 0.15) is 19.8 Å². The molecule has 0 aromatic rings. The van der Waals surface area contributed by atoms with Gasteiger partial charge in [0.05, 0.1) is 6.61 Å². The van der Waals surface area contributed by atoms with Gasteiger partial charge in [-0.25, -0.2) is 0 Å². The Bertz CT molecular complexity index is 110. The average Bonchev–Trinajstić information content (AvgIpc) is 2.15. The molecule has 0 unspecified atom stereocenters. The van der Waals surface area contributed by atoms with E-state index in [2.05, 4.69) is 11.8 Å². The molecule has 1 aliphatic heterocycles. The summed E-state index contributed by atoms with van der Waals surface area (Å²) < 4.78 is 5.28. The van der Waals surface area contributed by atoms with Crippen molar-refractivity contribution in [3.8, 4) is 0 Å². The van der Waals surface area contributed by atoms with Gasteiger partial charge in [-0.15, -0.1) is 0 Å². The smallest absolute Gasteiger partial charge is 0.0558 e. The number of aliphatic hydroxyl groups is 1. The van der Waals surface area contributed by atoms with Crippen molar-refractivity contribution in [2.45, 2.75) is 25.8 Å². The third-order valence-corrected chi connectivity index (χ3v) is 2.50. The first-order valence-corrected chi connectivity index (χ1v) is 4.81. The van der Waals surface area contributed by atoms with E-state index >= 15 is 0 Å². The predicted octanol–water partition coefficient (Wildman–Crippen LogP) is 0.480. The molecule has 0 aliphatic carbocycles. The molecule has 1 saturated heterocycles. The predicted molar refractivity (Wildman–Crippen MR) is 48.2 cm³/mol. The summed E-state index contributed by atoms with van der Waals surface area (Å²) in [5.41, 5.74) is 0. The van der Waals surface area contributed by atoms with Crippen LogP contribution < -0.4 is 0 Å². The molecule has 0 radical (unpaired) electrons. The highest BCUT2D eigenvalue weighted by atomic mass is 16.5. The molecule has 1 N–H and O–H groups in total. The molecule has 1 heterocycles. The van der Waals surface area contributed by atoms with E-state index in [1.165, 1.54) is 0 Å². The fraction of sp³-hybridized carbons (Fsp3) is 1.00. The number of nitrogens with zero attached hydrogens (tertiary/aromatic N) is 1. The van der Waals surface area contributed by atoms with Crippen LogP contribution in [-0.2, 0) is 4.74 Å². The van der Waals surface area contributed by atoms with Gasteiger partial charge in [-0.2, -0.15) is 0 Å². The Morgan fingerprint density at radius 2 is 2.08 bits per heavy atom. The van der Waals surface area contributed by atoms with Crippen LogP contribution >= 0.6 is 0 Å². The highest BCUT2D eigenvalue weighted by Crippen LogP contribution is 2.13. The molecule has 0 bridgehead atoms. The third-order valence-electron chi connectivity index (χ3n) is 2.50. The molecule has 72 valence electrons. The van der Waals surface area contributed by atoms with Crippen LogP contribution in [0.2, 0.25) is 0 Å². The van der Waals surface area contributed by atoms with E-state index < -0.39 is 0 Å². The summed E-state index contributed by atoms with van der Waals surface area (Å²) >= 11 is 0. The van der Waals surface area contributed by atoms with Crippen LogP contribution in [-0.4, -0.2) is 49.0 Å². The largest absolute Gasteiger partial charge is 0.395 e. The van der Waals surface area contributed by atoms with Crippen molar-refractivity contribution in [2.75, 3.05) is 32.9 Å². The van der Waals surface area contributed by atoms with E-state index in [9.17, 15) is 0 Å². The average molecular weight is 173 g/mol. The minimum Gasteiger partial charge on any atom is -0.395 e. The van der Waals surface area contributed by atoms with Crippen LogP contribution in [0, 0.1) is 0 Å². The van der Waals surface area contributed by atoms with Gasteiger partial charge in [0, 0.05) is 25.8 Å². The molecular formula is C9H19NO2. The summed E-state index contributed by atoms with van der Waals surface area (Å²) in [6.45, 7) is 6.02. The lowest BCUT2D eigenvalue weighted by atomic mass is 10.1. The van der Waals surface area contributed by atoms with Gasteiger partial charge < -0.3 is 9.84 Å². The Morgan fingerprint density at radius 1 is 1.42 bits per heavy atom. The van der Waals surface area contributed by atoms with Crippen molar-refractivity contribution in [3.05, 3.63) is 0 Å². The Labute approximate surface area is 74.3 Å². The number of likely N-dealkylation sites (N-methyl/N-ethyl adjacent to an activating group) is 1. The number of aliphatic hydroxyl groups excluding tert-OH is 1. The highest BCUT2D eigenvalue weighted by Gasteiger charge is 2.19. The summed E-state index contributed by atoms with van der Waals surface area (Å²) in [7, 11) is 0. The second kappa shape index (κ2) is 5.51. The van der Waals surface area contributed by atoms with Gasteiger partial charge in [0.25, 0.3) is 0 Å². The maximum atomic E-state index is 8.83. The normalized spacial score (nSPS) is 20.2. The summed E-state index contributed by atoms with van der Waals surface area (Å²) in [6, 6.07) is 0.635. The third kappa shape index (κ3) is 2.73. The van der Waals surface area contributed by atoms with Crippen LogP contribution in [0.25, 0.3) is 0 Å². The van der Waals surface area contributed by atoms with Gasteiger partial charge in [0.2, 0.25) is 0 Å². The van der Waals surface area contributed by atoms with Gasteiger partial charge in [-0.1, -0.05) is 6.92 Å². The lowest BCUT2D eigenvalue weighted by Crippen LogP contribution is -2.40. The lowest BCUT2D eigenvalue weighted by molar-refractivity contribution is 0.0302. The zero-order valence-electron chi connectivity index (χ0n) is 7.83. The quantitative estimate of drug-likeness (QED) is 0.671. The Morgan fingerprint density at radius 3 is 2.58 bits per heavy atom. The molecule has 0 spiro atoms. The molecule has 3 heteroatoms. The van der Waals surface area contributed by atoms with Gasteiger partial charge in [-0.3, -0.25) is 4.90 Å². The van der Waals surface area contributed by atoms with Crippen LogP contribution in [0.4, 0.5) is 0 Å². The Kier molecular flexibility index (Phi) is 4.58. The molecule has 1 rings (SSSR count). The summed E-state index contributed by atoms with van der Waals surface area (Å²) in [4.78, 5) is 2.34. The molecule has 0 atom stereocenters. The van der Waals surface area contributed by atoms with Crippen molar-refractivity contribution in [2.24, 2.45) is 0 Å². The van der Waals surface area contributed by atoms with Crippen molar-refractivity contribution in [1.29, 1.82) is 0 Å². The monoisotopic (exact) mass is 173 g/mol. The van der Waals surface area contributed by atoms with Gasteiger partial charge in [0.1, 0.15) is 0 Å². The molecule has 3 nitrogen and oxygen atoms in total. The van der Waals surface area contributed by atoms with E-state index in [1.54, 1.807) is 0 Å². The van der Waals surface area contributed by atoms with E-state index in [4.69, 9.17) is 9.84 Å². The van der Waals surface area contributed by atoms with Crippen LogP contribution in [0.5, 0.6) is 0 Å². The Hall–Kier alpha value is -0.120. The molecular weight excluding hydrogens is 154 g/mol. The van der Waals surface area contributed by atoms with Crippen molar-refractivity contribution in [3.63, 3.8) is 0 Å². The summed E-state index contributed by atoms with van der Waals surface area (Å²) in [5.74, 6) is 0. The van der Waals surface area contributed by atoms with E-state index in [0.29, 0.717) is 6.04 Å². The number of hydrogen-bond donors (Lipinski definition) is 1. The van der Waals surface area contributed by atoms with Gasteiger partial charge in [0.15, 0.2) is 0 Å². The highest BCUT2D eigenvalue weighted by molar-refractivity contribution is 4.73. The molecule has 0 saturated carbocycles. The first-order chi connectivity index (χ1) is 5.88. The molecule has 12 heavy (non-hydrogen) atoms. The standard InChI is InChI=1S/C9H19NO2/c1-2-10(5-6-11)9-3-7-12-8-4-9/h9,11H,2-8H2,1H3. The second-order valence-corrected chi connectivity index (χ2v) is 3.20. The Balaban J connectivity index is 2.29. The van der Waals surface area contributed by atoms with E-state index in [1.807, 2.05) is 0 Å². The number of ether oxygens (including phenoxy) is 1. The fourth-order valence-corrected chi connectivity index (χ4v) is 1.78. The van der Waals surface area contributed by atoms with Crippen molar-refractivity contribution >= 4 is 0 Å². The first kappa shape index (κ1) is 9.96. The molecule has 0 aromatic carbocycles. The zero-order chi connectivity index (χ0) is 8.81. The van der Waals surface area contributed by atoms with E-state index in [-0.39, 0.29) is 6.61 Å². The van der Waals surface area contributed by atoms with E-state index in [0.717, 1.165) is 39.1 Å². The van der Waals surface area contributed by atoms with Gasteiger partial charge >= 0.3 is 0 Å². The summed E-state index contributed by atoms with van der Waals surface area (Å²) in [6.07, 6.45) is 2.24. The summed E-state index contributed by atoms with van der Waals surface area (Å²) in [5, 5.41) is 8.83. The molecule has 0 aromatic heterocycles. The van der Waals surface area contributed by atoms with Crippen LogP contribution in [0.15, 0.2) is 0 Å². The minimum atomic E-state index is 0.269. The zero-order valence-corrected chi connectivity index (χ0v) is 7.83. The van der Waals surface area contributed by atoms with Crippen molar-refractivity contribution < 1.29 is 9.84 Å². The second-order valence-electron chi connectivity index (χ2n) is 3.20. The van der Waals surface area contributed by atoms with Crippen LogP contribution in [0.3, 0.4) is 0 Å². The number of rotatable bonds is 4. The first-order valence-electron chi connectivity index (χ1n) is 4.81. The maximum Gasteiger partial charge on any atom is 0.0558 e. The number of hydrogen-bond acceptors (Lipinski definition) is 3. The maximum absolute atomic E-state index is 8.83. The topological polar surface area (TPSA) is 32.7 Å². The minimum absolute atomic E-state index is 0.269.